The normalized spacial score (nSPS) is 17.2. The number of aryl methyl sites for hydroxylation is 2. The van der Waals surface area contributed by atoms with Crippen LogP contribution in [0.25, 0.3) is 0 Å². The first kappa shape index (κ1) is 13.2. The number of carbonyl (C=O) groups excluding carboxylic acids is 1. The van der Waals surface area contributed by atoms with E-state index in [-0.39, 0.29) is 5.41 Å². The number of hydrogen-bond donors (Lipinski definition) is 0. The third-order valence-corrected chi connectivity index (χ3v) is 4.04. The molecule has 2 aromatic rings. The van der Waals surface area contributed by atoms with Crippen LogP contribution < -0.4 is 0 Å². The molecule has 0 unspecified atom stereocenters. The van der Waals surface area contributed by atoms with Gasteiger partial charge in [-0.25, -0.2) is 4.98 Å². The van der Waals surface area contributed by atoms with Gasteiger partial charge < -0.3 is 9.13 Å². The average Bonchev–Trinajstić information content (AvgIpc) is 2.98. The standard InChI is InChI=1S/C16H21N3O/c1-16(2)10-14-13(15(20)11-16)4-8-19(14)7-3-6-18-9-5-17-12-18/h4-5,8-9,12H,3,6-7,10-11H2,1-2H3. The molecule has 0 amide bonds. The van der Waals surface area contributed by atoms with E-state index in [4.69, 9.17) is 0 Å². The predicted octanol–water partition coefficient (Wildman–Crippen LogP) is 2.93. The van der Waals surface area contributed by atoms with Crippen molar-refractivity contribution in [3.05, 3.63) is 42.2 Å². The Hall–Kier alpha value is -1.84. The van der Waals surface area contributed by atoms with Crippen molar-refractivity contribution in [1.82, 2.24) is 14.1 Å². The highest BCUT2D eigenvalue weighted by molar-refractivity contribution is 5.98. The van der Waals surface area contributed by atoms with Gasteiger partial charge in [0, 0.05) is 49.4 Å². The minimum Gasteiger partial charge on any atom is -0.351 e. The largest absolute Gasteiger partial charge is 0.351 e. The average molecular weight is 271 g/mol. The van der Waals surface area contributed by atoms with Gasteiger partial charge in [-0.2, -0.15) is 0 Å². The summed E-state index contributed by atoms with van der Waals surface area (Å²) < 4.78 is 4.34. The van der Waals surface area contributed by atoms with E-state index in [1.807, 2.05) is 18.6 Å². The maximum atomic E-state index is 12.1. The molecule has 0 spiro atoms. The summed E-state index contributed by atoms with van der Waals surface area (Å²) in [7, 11) is 0. The topological polar surface area (TPSA) is 39.8 Å². The zero-order chi connectivity index (χ0) is 14.2. The molecular formula is C16H21N3O. The van der Waals surface area contributed by atoms with Crippen molar-refractivity contribution in [3.63, 3.8) is 0 Å². The van der Waals surface area contributed by atoms with Crippen molar-refractivity contribution in [2.75, 3.05) is 0 Å². The van der Waals surface area contributed by atoms with E-state index in [0.29, 0.717) is 12.2 Å². The van der Waals surface area contributed by atoms with Crippen LogP contribution in [-0.2, 0) is 19.5 Å². The minimum absolute atomic E-state index is 0.0878. The van der Waals surface area contributed by atoms with E-state index in [1.54, 1.807) is 6.20 Å². The number of aromatic nitrogens is 3. The van der Waals surface area contributed by atoms with Gasteiger partial charge in [-0.3, -0.25) is 4.79 Å². The van der Waals surface area contributed by atoms with Gasteiger partial charge >= 0.3 is 0 Å². The first-order chi connectivity index (χ1) is 9.55. The molecule has 4 nitrogen and oxygen atoms in total. The summed E-state index contributed by atoms with van der Waals surface area (Å²) in [5.74, 6) is 0.296. The van der Waals surface area contributed by atoms with E-state index in [0.717, 1.165) is 31.5 Å². The van der Waals surface area contributed by atoms with Crippen molar-refractivity contribution in [3.8, 4) is 0 Å². The van der Waals surface area contributed by atoms with E-state index in [2.05, 4.69) is 34.2 Å². The van der Waals surface area contributed by atoms with Gasteiger partial charge in [-0.1, -0.05) is 13.8 Å². The lowest BCUT2D eigenvalue weighted by atomic mass is 9.76. The lowest BCUT2D eigenvalue weighted by molar-refractivity contribution is 0.0910. The quantitative estimate of drug-likeness (QED) is 0.857. The Labute approximate surface area is 119 Å². The summed E-state index contributed by atoms with van der Waals surface area (Å²) in [5, 5.41) is 0. The Kier molecular flexibility index (Phi) is 3.24. The molecule has 0 saturated carbocycles. The smallest absolute Gasteiger partial charge is 0.165 e. The zero-order valence-electron chi connectivity index (χ0n) is 12.2. The highest BCUT2D eigenvalue weighted by atomic mass is 16.1. The van der Waals surface area contributed by atoms with Gasteiger partial charge in [0.25, 0.3) is 0 Å². The molecular weight excluding hydrogens is 250 g/mol. The third-order valence-electron chi connectivity index (χ3n) is 4.04. The zero-order valence-corrected chi connectivity index (χ0v) is 12.2. The number of nitrogens with zero attached hydrogens (tertiary/aromatic N) is 3. The maximum Gasteiger partial charge on any atom is 0.165 e. The van der Waals surface area contributed by atoms with E-state index in [1.165, 1.54) is 5.69 Å². The summed E-state index contributed by atoms with van der Waals surface area (Å²) in [4.78, 5) is 16.2. The Balaban J connectivity index is 1.71. The van der Waals surface area contributed by atoms with Crippen LogP contribution in [-0.4, -0.2) is 19.9 Å². The molecule has 0 bridgehead atoms. The molecule has 0 N–H and O–H groups in total. The van der Waals surface area contributed by atoms with Crippen LogP contribution in [0.2, 0.25) is 0 Å². The molecule has 2 heterocycles. The fourth-order valence-corrected chi connectivity index (χ4v) is 3.05. The number of fused-ring (bicyclic) bond motifs is 1. The Morgan fingerprint density at radius 1 is 1.25 bits per heavy atom. The van der Waals surface area contributed by atoms with E-state index >= 15 is 0 Å². The molecule has 0 aromatic carbocycles. The van der Waals surface area contributed by atoms with Crippen molar-refractivity contribution in [1.29, 1.82) is 0 Å². The van der Waals surface area contributed by atoms with Gasteiger partial charge in [0.2, 0.25) is 0 Å². The van der Waals surface area contributed by atoms with Crippen LogP contribution in [0, 0.1) is 5.41 Å². The van der Waals surface area contributed by atoms with Gasteiger partial charge in [-0.05, 0) is 24.3 Å². The Bertz CT molecular complexity index is 608. The number of carbonyl (C=O) groups is 1. The highest BCUT2D eigenvalue weighted by Gasteiger charge is 2.32. The third kappa shape index (κ3) is 2.55. The number of imidazole rings is 1. The fraction of sp³-hybridized carbons (Fsp3) is 0.500. The summed E-state index contributed by atoms with van der Waals surface area (Å²) in [6.45, 7) is 6.27. The molecule has 2 aromatic heterocycles. The van der Waals surface area contributed by atoms with Gasteiger partial charge in [0.1, 0.15) is 0 Å². The monoisotopic (exact) mass is 271 g/mol. The molecule has 3 rings (SSSR count). The predicted molar refractivity (Wildman–Crippen MR) is 77.7 cm³/mol. The summed E-state index contributed by atoms with van der Waals surface area (Å²) >= 11 is 0. The molecule has 0 atom stereocenters. The van der Waals surface area contributed by atoms with Crippen LogP contribution in [0.3, 0.4) is 0 Å². The molecule has 4 heteroatoms. The van der Waals surface area contributed by atoms with Gasteiger partial charge in [0.05, 0.1) is 6.33 Å². The minimum atomic E-state index is 0.0878. The first-order valence-electron chi connectivity index (χ1n) is 7.22. The molecule has 20 heavy (non-hydrogen) atoms. The second-order valence-corrected chi connectivity index (χ2v) is 6.46. The fourth-order valence-electron chi connectivity index (χ4n) is 3.05. The first-order valence-corrected chi connectivity index (χ1v) is 7.22. The summed E-state index contributed by atoms with van der Waals surface area (Å²) in [5.41, 5.74) is 2.24. The van der Waals surface area contributed by atoms with Crippen molar-refractivity contribution < 1.29 is 4.79 Å². The Morgan fingerprint density at radius 3 is 2.85 bits per heavy atom. The number of Topliss-reactive ketones (excluding diaryl/α,β-unsaturated/α-hetero) is 1. The molecule has 1 aliphatic carbocycles. The van der Waals surface area contributed by atoms with Gasteiger partial charge in [-0.15, -0.1) is 0 Å². The molecule has 0 aliphatic heterocycles. The van der Waals surface area contributed by atoms with E-state index < -0.39 is 0 Å². The maximum absolute atomic E-state index is 12.1. The second-order valence-electron chi connectivity index (χ2n) is 6.46. The number of ketones is 1. The lowest BCUT2D eigenvalue weighted by Crippen LogP contribution is -2.28. The van der Waals surface area contributed by atoms with Crippen LogP contribution in [0.1, 0.15) is 42.7 Å². The Morgan fingerprint density at radius 2 is 2.10 bits per heavy atom. The molecule has 0 fully saturated rings. The highest BCUT2D eigenvalue weighted by Crippen LogP contribution is 2.35. The van der Waals surface area contributed by atoms with Crippen LogP contribution >= 0.6 is 0 Å². The van der Waals surface area contributed by atoms with Crippen molar-refractivity contribution >= 4 is 5.78 Å². The SMILES string of the molecule is CC1(C)CC(=O)c2ccn(CCCn3ccnc3)c2C1. The molecule has 0 radical (unpaired) electrons. The molecule has 0 saturated heterocycles. The lowest BCUT2D eigenvalue weighted by Gasteiger charge is -2.29. The number of rotatable bonds is 4. The second kappa shape index (κ2) is 4.93. The number of hydrogen-bond acceptors (Lipinski definition) is 2. The molecule has 106 valence electrons. The van der Waals surface area contributed by atoms with E-state index in [9.17, 15) is 4.79 Å². The molecule has 1 aliphatic rings. The summed E-state index contributed by atoms with van der Waals surface area (Å²) in [6.07, 6.45) is 10.4. The van der Waals surface area contributed by atoms with Crippen molar-refractivity contribution in [2.24, 2.45) is 5.41 Å². The van der Waals surface area contributed by atoms with Crippen LogP contribution in [0.5, 0.6) is 0 Å². The van der Waals surface area contributed by atoms with Crippen molar-refractivity contribution in [2.45, 2.75) is 46.2 Å². The van der Waals surface area contributed by atoms with Crippen LogP contribution in [0.4, 0.5) is 0 Å². The van der Waals surface area contributed by atoms with Crippen LogP contribution in [0.15, 0.2) is 31.0 Å². The summed E-state index contributed by atoms with van der Waals surface area (Å²) in [6, 6.07) is 1.99. The van der Waals surface area contributed by atoms with Gasteiger partial charge in [0.15, 0.2) is 5.78 Å².